The predicted molar refractivity (Wildman–Crippen MR) is 79.8 cm³/mol. The van der Waals surface area contributed by atoms with Gasteiger partial charge in [0.15, 0.2) is 0 Å². The fourth-order valence-corrected chi connectivity index (χ4v) is 1.95. The molecule has 3 N–H and O–H groups in total. The fourth-order valence-electron chi connectivity index (χ4n) is 1.95. The minimum atomic E-state index is -0.176. The van der Waals surface area contributed by atoms with Crippen molar-refractivity contribution in [1.82, 2.24) is 5.32 Å². The lowest BCUT2D eigenvalue weighted by molar-refractivity contribution is 0.0952. The third-order valence-electron chi connectivity index (χ3n) is 3.04. The van der Waals surface area contributed by atoms with Gasteiger partial charge in [-0.3, -0.25) is 4.79 Å². The number of carbonyl (C=O) groups is 1. The molecular formula is C16H18N2O2. The second-order valence-electron chi connectivity index (χ2n) is 4.62. The Labute approximate surface area is 118 Å². The molecule has 0 aliphatic rings. The number of anilines is 1. The summed E-state index contributed by atoms with van der Waals surface area (Å²) in [7, 11) is 1.62. The maximum absolute atomic E-state index is 12.1. The first-order valence-corrected chi connectivity index (χ1v) is 6.37. The molecule has 4 heteroatoms. The molecule has 0 radical (unpaired) electrons. The topological polar surface area (TPSA) is 64.3 Å². The van der Waals surface area contributed by atoms with E-state index < -0.39 is 0 Å². The van der Waals surface area contributed by atoms with Crippen LogP contribution >= 0.6 is 0 Å². The summed E-state index contributed by atoms with van der Waals surface area (Å²) in [4.78, 5) is 12.1. The van der Waals surface area contributed by atoms with Crippen LogP contribution in [0, 0.1) is 6.92 Å². The zero-order chi connectivity index (χ0) is 14.5. The molecule has 0 spiro atoms. The summed E-state index contributed by atoms with van der Waals surface area (Å²) in [6.45, 7) is 2.37. The summed E-state index contributed by atoms with van der Waals surface area (Å²) in [5, 5.41) is 2.85. The van der Waals surface area contributed by atoms with Crippen molar-refractivity contribution in [2.75, 3.05) is 12.8 Å². The van der Waals surface area contributed by atoms with E-state index in [-0.39, 0.29) is 5.91 Å². The summed E-state index contributed by atoms with van der Waals surface area (Å²) in [5.41, 5.74) is 8.86. The van der Waals surface area contributed by atoms with E-state index in [1.165, 1.54) is 0 Å². The number of aryl methyl sites for hydroxylation is 1. The quantitative estimate of drug-likeness (QED) is 0.839. The smallest absolute Gasteiger partial charge is 0.253 e. The minimum absolute atomic E-state index is 0.176. The van der Waals surface area contributed by atoms with Crippen LogP contribution in [0.15, 0.2) is 42.5 Å². The van der Waals surface area contributed by atoms with Crippen molar-refractivity contribution >= 4 is 11.6 Å². The molecule has 0 aliphatic heterocycles. The Morgan fingerprint density at radius 2 is 2.05 bits per heavy atom. The van der Waals surface area contributed by atoms with Gasteiger partial charge in [0.1, 0.15) is 5.75 Å². The highest BCUT2D eigenvalue weighted by Crippen LogP contribution is 2.15. The van der Waals surface area contributed by atoms with Gasteiger partial charge in [-0.25, -0.2) is 0 Å². The van der Waals surface area contributed by atoms with Crippen LogP contribution in [-0.2, 0) is 6.54 Å². The third-order valence-corrected chi connectivity index (χ3v) is 3.04. The van der Waals surface area contributed by atoms with Crippen LogP contribution < -0.4 is 15.8 Å². The van der Waals surface area contributed by atoms with Crippen molar-refractivity contribution in [3.8, 4) is 5.75 Å². The van der Waals surface area contributed by atoms with E-state index in [1.54, 1.807) is 19.2 Å². The van der Waals surface area contributed by atoms with Gasteiger partial charge >= 0.3 is 0 Å². The summed E-state index contributed by atoms with van der Waals surface area (Å²) in [5.74, 6) is 0.594. The predicted octanol–water partition coefficient (Wildman–Crippen LogP) is 2.52. The van der Waals surface area contributed by atoms with Crippen molar-refractivity contribution in [1.29, 1.82) is 0 Å². The van der Waals surface area contributed by atoms with Gasteiger partial charge in [-0.1, -0.05) is 18.2 Å². The molecule has 2 aromatic carbocycles. The Morgan fingerprint density at radius 3 is 2.75 bits per heavy atom. The normalized spacial score (nSPS) is 10.1. The molecule has 20 heavy (non-hydrogen) atoms. The van der Waals surface area contributed by atoms with E-state index in [2.05, 4.69) is 5.32 Å². The average Bonchev–Trinajstić information content (AvgIpc) is 2.45. The van der Waals surface area contributed by atoms with Crippen LogP contribution in [0.5, 0.6) is 5.75 Å². The van der Waals surface area contributed by atoms with Crippen molar-refractivity contribution in [3.05, 3.63) is 59.2 Å². The molecular weight excluding hydrogens is 252 g/mol. The molecule has 2 rings (SSSR count). The molecule has 0 bridgehead atoms. The van der Waals surface area contributed by atoms with E-state index in [0.717, 1.165) is 16.9 Å². The number of benzene rings is 2. The van der Waals surface area contributed by atoms with Crippen LogP contribution in [0.2, 0.25) is 0 Å². The molecule has 2 aromatic rings. The Morgan fingerprint density at radius 1 is 1.25 bits per heavy atom. The molecule has 0 unspecified atom stereocenters. The monoisotopic (exact) mass is 270 g/mol. The number of carbonyl (C=O) groups excluding carboxylic acids is 1. The first-order valence-electron chi connectivity index (χ1n) is 6.37. The number of nitrogens with two attached hydrogens (primary N) is 1. The number of rotatable bonds is 4. The van der Waals surface area contributed by atoms with E-state index in [1.807, 2.05) is 37.3 Å². The number of amides is 1. The Hall–Kier alpha value is -2.49. The lowest BCUT2D eigenvalue weighted by atomic mass is 10.1. The van der Waals surface area contributed by atoms with Gasteiger partial charge in [0.05, 0.1) is 12.7 Å². The Balaban J connectivity index is 2.04. The number of methoxy groups -OCH3 is 1. The van der Waals surface area contributed by atoms with Gasteiger partial charge in [0, 0.05) is 12.2 Å². The number of nitrogen functional groups attached to an aromatic ring is 1. The average molecular weight is 270 g/mol. The lowest BCUT2D eigenvalue weighted by Crippen LogP contribution is -2.23. The summed E-state index contributed by atoms with van der Waals surface area (Å²) < 4.78 is 5.15. The van der Waals surface area contributed by atoms with Crippen molar-refractivity contribution in [3.63, 3.8) is 0 Å². The lowest BCUT2D eigenvalue weighted by Gasteiger charge is -2.09. The largest absolute Gasteiger partial charge is 0.497 e. The number of ether oxygens (including phenoxy) is 1. The van der Waals surface area contributed by atoms with Gasteiger partial charge in [-0.2, -0.15) is 0 Å². The van der Waals surface area contributed by atoms with E-state index in [4.69, 9.17) is 10.5 Å². The molecule has 1 amide bonds. The van der Waals surface area contributed by atoms with E-state index in [0.29, 0.717) is 17.8 Å². The molecule has 0 saturated heterocycles. The Bertz CT molecular complexity index is 624. The van der Waals surface area contributed by atoms with Gasteiger partial charge in [-0.15, -0.1) is 0 Å². The fraction of sp³-hybridized carbons (Fsp3) is 0.188. The van der Waals surface area contributed by atoms with Crippen LogP contribution in [0.4, 0.5) is 5.69 Å². The highest BCUT2D eigenvalue weighted by molar-refractivity contribution is 5.99. The van der Waals surface area contributed by atoms with Crippen LogP contribution in [-0.4, -0.2) is 13.0 Å². The van der Waals surface area contributed by atoms with Crippen LogP contribution in [0.1, 0.15) is 21.5 Å². The zero-order valence-electron chi connectivity index (χ0n) is 11.6. The number of nitrogens with one attached hydrogen (secondary N) is 1. The van der Waals surface area contributed by atoms with Gasteiger partial charge in [0.25, 0.3) is 5.91 Å². The van der Waals surface area contributed by atoms with E-state index >= 15 is 0 Å². The SMILES string of the molecule is COc1cccc(CNC(=O)c2ccc(C)cc2N)c1. The van der Waals surface area contributed by atoms with Crippen molar-refractivity contribution < 1.29 is 9.53 Å². The molecule has 104 valence electrons. The molecule has 0 saturated carbocycles. The molecule has 0 fully saturated rings. The first kappa shape index (κ1) is 13.9. The third kappa shape index (κ3) is 3.29. The number of hydrogen-bond donors (Lipinski definition) is 2. The first-order chi connectivity index (χ1) is 9.60. The maximum atomic E-state index is 12.1. The highest BCUT2D eigenvalue weighted by atomic mass is 16.5. The maximum Gasteiger partial charge on any atom is 0.253 e. The van der Waals surface area contributed by atoms with Crippen molar-refractivity contribution in [2.45, 2.75) is 13.5 Å². The van der Waals surface area contributed by atoms with Gasteiger partial charge < -0.3 is 15.8 Å². The summed E-state index contributed by atoms with van der Waals surface area (Å²) >= 11 is 0. The van der Waals surface area contributed by atoms with E-state index in [9.17, 15) is 4.79 Å². The molecule has 0 atom stereocenters. The second kappa shape index (κ2) is 6.10. The Kier molecular flexibility index (Phi) is 4.25. The highest BCUT2D eigenvalue weighted by Gasteiger charge is 2.09. The molecule has 0 aliphatic carbocycles. The molecule has 4 nitrogen and oxygen atoms in total. The summed E-state index contributed by atoms with van der Waals surface area (Å²) in [6.07, 6.45) is 0. The van der Waals surface area contributed by atoms with Gasteiger partial charge in [-0.05, 0) is 42.3 Å². The minimum Gasteiger partial charge on any atom is -0.497 e. The molecule has 0 heterocycles. The second-order valence-corrected chi connectivity index (χ2v) is 4.62. The number of hydrogen-bond acceptors (Lipinski definition) is 3. The van der Waals surface area contributed by atoms with Crippen LogP contribution in [0.3, 0.4) is 0 Å². The van der Waals surface area contributed by atoms with Gasteiger partial charge in [0.2, 0.25) is 0 Å². The van der Waals surface area contributed by atoms with Crippen molar-refractivity contribution in [2.24, 2.45) is 0 Å². The van der Waals surface area contributed by atoms with Crippen LogP contribution in [0.25, 0.3) is 0 Å². The summed E-state index contributed by atoms with van der Waals surface area (Å²) in [6, 6.07) is 13.0. The zero-order valence-corrected chi connectivity index (χ0v) is 11.6. The molecule has 0 aromatic heterocycles. The standard InChI is InChI=1S/C16H18N2O2/c1-11-6-7-14(15(17)8-11)16(19)18-10-12-4-3-5-13(9-12)20-2/h3-9H,10,17H2,1-2H3,(H,18,19).